The van der Waals surface area contributed by atoms with Crippen LogP contribution in [-0.2, 0) is 0 Å². The van der Waals surface area contributed by atoms with Crippen molar-refractivity contribution < 1.29 is 0 Å². The minimum atomic E-state index is 0.394. The van der Waals surface area contributed by atoms with Crippen LogP contribution in [0.1, 0.15) is 76.0 Å². The summed E-state index contributed by atoms with van der Waals surface area (Å²) >= 11 is 0. The highest BCUT2D eigenvalue weighted by Crippen LogP contribution is 2.30. The molecule has 0 unspecified atom stereocenters. The third-order valence-electron chi connectivity index (χ3n) is 4.50. The molecule has 0 amide bonds. The maximum absolute atomic E-state index is 4.96. The Morgan fingerprint density at radius 3 is 2.23 bits per heavy atom. The molecule has 22 heavy (non-hydrogen) atoms. The fourth-order valence-electron chi connectivity index (χ4n) is 3.36. The summed E-state index contributed by atoms with van der Waals surface area (Å²) in [5.41, 5.74) is 3.27. The molecule has 4 nitrogen and oxygen atoms in total. The zero-order chi connectivity index (χ0) is 15.9. The van der Waals surface area contributed by atoms with Crippen molar-refractivity contribution >= 4 is 11.5 Å². The number of aromatic nitrogens is 3. The van der Waals surface area contributed by atoms with Crippen molar-refractivity contribution in [1.82, 2.24) is 14.4 Å². The number of rotatable bonds is 3. The molecule has 0 aliphatic carbocycles. The molecule has 1 saturated heterocycles. The number of nitrogens with zero attached hydrogens (tertiary/aromatic N) is 4. The molecule has 2 aromatic rings. The Morgan fingerprint density at radius 2 is 1.64 bits per heavy atom. The van der Waals surface area contributed by atoms with Gasteiger partial charge in [-0.1, -0.05) is 27.7 Å². The third kappa shape index (κ3) is 2.59. The van der Waals surface area contributed by atoms with Gasteiger partial charge >= 0.3 is 0 Å². The van der Waals surface area contributed by atoms with Crippen LogP contribution in [0.3, 0.4) is 0 Å². The van der Waals surface area contributed by atoms with E-state index >= 15 is 0 Å². The molecular formula is C18H28N4. The van der Waals surface area contributed by atoms with E-state index in [1.54, 1.807) is 0 Å². The van der Waals surface area contributed by atoms with Crippen LogP contribution >= 0.6 is 0 Å². The number of hydrogen-bond acceptors (Lipinski definition) is 3. The summed E-state index contributed by atoms with van der Waals surface area (Å²) < 4.78 is 2.32. The fourth-order valence-corrected chi connectivity index (χ4v) is 3.36. The van der Waals surface area contributed by atoms with Crippen LogP contribution in [0.15, 0.2) is 6.07 Å². The van der Waals surface area contributed by atoms with Gasteiger partial charge < -0.3 is 4.90 Å². The van der Waals surface area contributed by atoms with Crippen LogP contribution in [0.5, 0.6) is 0 Å². The first-order valence-corrected chi connectivity index (χ1v) is 8.64. The maximum Gasteiger partial charge on any atom is 0.162 e. The summed E-state index contributed by atoms with van der Waals surface area (Å²) in [5.74, 6) is 3.22. The average Bonchev–Trinajstić information content (AvgIpc) is 2.87. The normalized spacial score (nSPS) is 16.2. The van der Waals surface area contributed by atoms with Crippen LogP contribution < -0.4 is 4.90 Å². The monoisotopic (exact) mass is 300 g/mol. The number of imidazole rings is 1. The Labute approximate surface area is 133 Å². The van der Waals surface area contributed by atoms with E-state index in [1.807, 2.05) is 0 Å². The quantitative estimate of drug-likeness (QED) is 0.848. The SMILES string of the molecule is Cc1cc(N2CCCCC2)n2c(C(C)C)nc(C(C)C)c2n1. The van der Waals surface area contributed by atoms with Gasteiger partial charge in [0, 0.05) is 30.8 Å². The van der Waals surface area contributed by atoms with Crippen LogP contribution in [0.25, 0.3) is 5.65 Å². The third-order valence-corrected chi connectivity index (χ3v) is 4.50. The summed E-state index contributed by atoms with van der Waals surface area (Å²) in [7, 11) is 0. The molecule has 0 atom stereocenters. The van der Waals surface area contributed by atoms with E-state index in [9.17, 15) is 0 Å². The number of fused-ring (bicyclic) bond motifs is 1. The van der Waals surface area contributed by atoms with Gasteiger partial charge in [-0.3, -0.25) is 4.40 Å². The summed E-state index contributed by atoms with van der Waals surface area (Å²) in [6.45, 7) is 13.2. The molecular weight excluding hydrogens is 272 g/mol. The average molecular weight is 300 g/mol. The van der Waals surface area contributed by atoms with Gasteiger partial charge in [0.2, 0.25) is 0 Å². The van der Waals surface area contributed by atoms with Gasteiger partial charge in [0.15, 0.2) is 5.65 Å². The van der Waals surface area contributed by atoms with E-state index in [1.165, 1.54) is 25.1 Å². The zero-order valence-electron chi connectivity index (χ0n) is 14.6. The molecule has 3 rings (SSSR count). The number of piperidine rings is 1. The van der Waals surface area contributed by atoms with Crippen molar-refractivity contribution in [3.63, 3.8) is 0 Å². The van der Waals surface area contributed by atoms with Crippen LogP contribution in [0.2, 0.25) is 0 Å². The molecule has 0 radical (unpaired) electrons. The lowest BCUT2D eigenvalue weighted by Crippen LogP contribution is -2.31. The highest BCUT2D eigenvalue weighted by molar-refractivity contribution is 5.57. The van der Waals surface area contributed by atoms with Crippen molar-refractivity contribution in [3.8, 4) is 0 Å². The molecule has 1 aliphatic rings. The highest BCUT2D eigenvalue weighted by atomic mass is 15.3. The summed E-state index contributed by atoms with van der Waals surface area (Å²) in [6.07, 6.45) is 3.92. The second-order valence-electron chi connectivity index (χ2n) is 7.13. The summed E-state index contributed by atoms with van der Waals surface area (Å²) in [5, 5.41) is 0. The first kappa shape index (κ1) is 15.3. The lowest BCUT2D eigenvalue weighted by atomic mass is 10.1. The lowest BCUT2D eigenvalue weighted by Gasteiger charge is -2.30. The number of aryl methyl sites for hydroxylation is 1. The summed E-state index contributed by atoms with van der Waals surface area (Å²) in [4.78, 5) is 12.3. The van der Waals surface area contributed by atoms with E-state index in [4.69, 9.17) is 9.97 Å². The molecule has 0 saturated carbocycles. The Kier molecular flexibility index (Phi) is 4.11. The number of hydrogen-bond donors (Lipinski definition) is 0. The van der Waals surface area contributed by atoms with Crippen LogP contribution in [0.4, 0.5) is 5.82 Å². The van der Waals surface area contributed by atoms with Gasteiger partial charge in [0.25, 0.3) is 0 Å². The second kappa shape index (κ2) is 5.90. The first-order valence-electron chi connectivity index (χ1n) is 8.64. The van der Waals surface area contributed by atoms with E-state index in [0.29, 0.717) is 11.8 Å². The fraction of sp³-hybridized carbons (Fsp3) is 0.667. The van der Waals surface area contributed by atoms with Gasteiger partial charge in [0.1, 0.15) is 11.6 Å². The molecule has 120 valence electrons. The number of anilines is 1. The summed E-state index contributed by atoms with van der Waals surface area (Å²) in [6, 6.07) is 2.23. The topological polar surface area (TPSA) is 33.4 Å². The van der Waals surface area contributed by atoms with Crippen molar-refractivity contribution in [2.24, 2.45) is 0 Å². The highest BCUT2D eigenvalue weighted by Gasteiger charge is 2.23. The minimum Gasteiger partial charge on any atom is -0.358 e. The molecule has 1 fully saturated rings. The molecule has 2 aromatic heterocycles. The van der Waals surface area contributed by atoms with E-state index in [2.05, 4.69) is 50.0 Å². The predicted molar refractivity (Wildman–Crippen MR) is 92.0 cm³/mol. The van der Waals surface area contributed by atoms with Crippen molar-refractivity contribution in [2.75, 3.05) is 18.0 Å². The first-order chi connectivity index (χ1) is 10.5. The molecule has 1 aliphatic heterocycles. The van der Waals surface area contributed by atoms with Crippen LogP contribution in [-0.4, -0.2) is 27.5 Å². The Balaban J connectivity index is 2.26. The molecule has 0 N–H and O–H groups in total. The lowest BCUT2D eigenvalue weighted by molar-refractivity contribution is 0.569. The molecule has 0 bridgehead atoms. The smallest absolute Gasteiger partial charge is 0.162 e. The Hall–Kier alpha value is -1.58. The predicted octanol–water partition coefficient (Wildman–Crippen LogP) is 4.27. The molecule has 0 aromatic carbocycles. The minimum absolute atomic E-state index is 0.394. The van der Waals surface area contributed by atoms with Crippen molar-refractivity contribution in [3.05, 3.63) is 23.3 Å². The molecule has 3 heterocycles. The van der Waals surface area contributed by atoms with Gasteiger partial charge in [-0.15, -0.1) is 0 Å². The van der Waals surface area contributed by atoms with E-state index in [0.717, 1.165) is 35.9 Å². The standard InChI is InChI=1S/C18H28N4/c1-12(2)16-18-19-14(5)11-15(21-9-7-6-8-10-21)22(18)17(20-16)13(3)4/h11-13H,6-10H2,1-5H3. The largest absolute Gasteiger partial charge is 0.358 e. The van der Waals surface area contributed by atoms with Crippen molar-refractivity contribution in [1.29, 1.82) is 0 Å². The molecule has 4 heteroatoms. The Morgan fingerprint density at radius 1 is 0.955 bits per heavy atom. The Bertz CT molecular complexity index is 663. The van der Waals surface area contributed by atoms with Gasteiger partial charge in [-0.2, -0.15) is 0 Å². The molecule has 0 spiro atoms. The van der Waals surface area contributed by atoms with Crippen molar-refractivity contribution in [2.45, 2.75) is 65.7 Å². The van der Waals surface area contributed by atoms with Gasteiger partial charge in [0.05, 0.1) is 5.69 Å². The second-order valence-corrected chi connectivity index (χ2v) is 7.13. The van der Waals surface area contributed by atoms with E-state index < -0.39 is 0 Å². The van der Waals surface area contributed by atoms with Gasteiger partial charge in [-0.25, -0.2) is 9.97 Å². The van der Waals surface area contributed by atoms with E-state index in [-0.39, 0.29) is 0 Å². The van der Waals surface area contributed by atoms with Gasteiger partial charge in [-0.05, 0) is 32.1 Å². The maximum atomic E-state index is 4.96. The van der Waals surface area contributed by atoms with Crippen LogP contribution in [0, 0.1) is 6.92 Å². The zero-order valence-corrected chi connectivity index (χ0v) is 14.6.